The maximum absolute atomic E-state index is 13.7. The van der Waals surface area contributed by atoms with Crippen LogP contribution in [0.4, 0.5) is 10.1 Å². The average molecular weight is 562 g/mol. The normalized spacial score (nSPS) is 14.0. The number of halogens is 1. The molecule has 1 aromatic heterocycles. The lowest BCUT2D eigenvalue weighted by atomic mass is 10.2. The lowest BCUT2D eigenvalue weighted by molar-refractivity contribution is -0.385. The summed E-state index contributed by atoms with van der Waals surface area (Å²) in [5.41, 5.74) is 0.257. The standard InChI is InChI=1S/C25H28FN5O7S/c1-16(2)15-27-39(35,36)22-14-20(31(33)34)8-9-21(22)38-25-17(3)23(24(32)29-10-12-37-13-11-29)28-30(25)19-6-4-18(26)5-7-19/h4-9,14,16,27H,10-13,15H2,1-3H3. The molecule has 1 fully saturated rings. The van der Waals surface area contributed by atoms with Crippen LogP contribution in [0.15, 0.2) is 47.4 Å². The quantitative estimate of drug-likeness (QED) is 0.309. The smallest absolute Gasteiger partial charge is 0.274 e. The van der Waals surface area contributed by atoms with Crippen LogP contribution in [0.1, 0.15) is 29.9 Å². The van der Waals surface area contributed by atoms with Gasteiger partial charge in [0.05, 0.1) is 23.8 Å². The summed E-state index contributed by atoms with van der Waals surface area (Å²) in [6.45, 7) is 6.78. The van der Waals surface area contributed by atoms with Gasteiger partial charge < -0.3 is 14.4 Å². The molecular formula is C25H28FN5O7S. The number of rotatable bonds is 9. The monoisotopic (exact) mass is 561 g/mol. The van der Waals surface area contributed by atoms with Crippen molar-refractivity contribution >= 4 is 21.6 Å². The molecule has 12 nitrogen and oxygen atoms in total. The van der Waals surface area contributed by atoms with Gasteiger partial charge in [-0.2, -0.15) is 9.78 Å². The molecule has 39 heavy (non-hydrogen) atoms. The van der Waals surface area contributed by atoms with Crippen molar-refractivity contribution in [1.82, 2.24) is 19.4 Å². The molecule has 1 aliphatic rings. The molecule has 0 saturated carbocycles. The maximum atomic E-state index is 13.7. The first-order valence-corrected chi connectivity index (χ1v) is 13.6. The van der Waals surface area contributed by atoms with E-state index in [1.807, 2.05) is 13.8 Å². The number of nitro benzene ring substituents is 1. The SMILES string of the molecule is Cc1c(C(=O)N2CCOCC2)nn(-c2ccc(F)cc2)c1Oc1ccc([N+](=O)[O-])cc1S(=O)(=O)NCC(C)C. The predicted molar refractivity (Wildman–Crippen MR) is 138 cm³/mol. The van der Waals surface area contributed by atoms with Gasteiger partial charge in [-0.3, -0.25) is 14.9 Å². The number of ether oxygens (including phenoxy) is 2. The third-order valence-electron chi connectivity index (χ3n) is 5.96. The molecule has 1 N–H and O–H groups in total. The fraction of sp³-hybridized carbons (Fsp3) is 0.360. The molecule has 0 spiro atoms. The van der Waals surface area contributed by atoms with Gasteiger partial charge >= 0.3 is 0 Å². The molecular weight excluding hydrogens is 533 g/mol. The van der Waals surface area contributed by atoms with Gasteiger partial charge in [-0.25, -0.2) is 17.5 Å². The molecule has 1 aliphatic heterocycles. The molecule has 0 bridgehead atoms. The molecule has 4 rings (SSSR count). The number of hydrogen-bond acceptors (Lipinski definition) is 8. The van der Waals surface area contributed by atoms with Crippen LogP contribution in [-0.2, 0) is 14.8 Å². The number of carbonyl (C=O) groups excluding carboxylic acids is 1. The number of nitrogens with one attached hydrogen (secondary N) is 1. The summed E-state index contributed by atoms with van der Waals surface area (Å²) in [5.74, 6) is -1.12. The number of nitrogens with zero attached hydrogens (tertiary/aromatic N) is 4. The van der Waals surface area contributed by atoms with Gasteiger partial charge in [0, 0.05) is 37.3 Å². The van der Waals surface area contributed by atoms with E-state index in [9.17, 15) is 27.7 Å². The summed E-state index contributed by atoms with van der Waals surface area (Å²) in [5, 5.41) is 15.9. The van der Waals surface area contributed by atoms with Crippen LogP contribution in [0.25, 0.3) is 5.69 Å². The van der Waals surface area contributed by atoms with E-state index in [-0.39, 0.29) is 35.7 Å². The molecule has 0 aliphatic carbocycles. The van der Waals surface area contributed by atoms with Crippen LogP contribution in [0.5, 0.6) is 11.6 Å². The van der Waals surface area contributed by atoms with Crippen molar-refractivity contribution in [2.24, 2.45) is 5.92 Å². The second-order valence-electron chi connectivity index (χ2n) is 9.31. The lowest BCUT2D eigenvalue weighted by Gasteiger charge is -2.26. The van der Waals surface area contributed by atoms with Crippen molar-refractivity contribution in [3.05, 3.63) is 69.7 Å². The van der Waals surface area contributed by atoms with E-state index in [0.717, 1.165) is 12.1 Å². The second-order valence-corrected chi connectivity index (χ2v) is 11.0. The Bertz CT molecular complexity index is 1480. The lowest BCUT2D eigenvalue weighted by Crippen LogP contribution is -2.41. The van der Waals surface area contributed by atoms with Crippen molar-refractivity contribution in [3.63, 3.8) is 0 Å². The highest BCUT2D eigenvalue weighted by molar-refractivity contribution is 7.89. The summed E-state index contributed by atoms with van der Waals surface area (Å²) in [6.07, 6.45) is 0. The fourth-order valence-corrected chi connectivity index (χ4v) is 5.20. The first-order chi connectivity index (χ1) is 18.5. The van der Waals surface area contributed by atoms with E-state index >= 15 is 0 Å². The van der Waals surface area contributed by atoms with E-state index in [4.69, 9.17) is 9.47 Å². The minimum Gasteiger partial charge on any atom is -0.437 e. The van der Waals surface area contributed by atoms with Gasteiger partial charge in [0.1, 0.15) is 16.5 Å². The van der Waals surface area contributed by atoms with Gasteiger partial charge in [-0.1, -0.05) is 13.8 Å². The largest absolute Gasteiger partial charge is 0.437 e. The third kappa shape index (κ3) is 6.24. The molecule has 208 valence electrons. The van der Waals surface area contributed by atoms with Crippen LogP contribution in [-0.4, -0.2) is 66.8 Å². The predicted octanol–water partition coefficient (Wildman–Crippen LogP) is 3.43. The summed E-state index contributed by atoms with van der Waals surface area (Å²) < 4.78 is 55.1. The van der Waals surface area contributed by atoms with Crippen LogP contribution >= 0.6 is 0 Å². The Balaban J connectivity index is 1.84. The van der Waals surface area contributed by atoms with Crippen LogP contribution < -0.4 is 9.46 Å². The second kappa shape index (κ2) is 11.5. The summed E-state index contributed by atoms with van der Waals surface area (Å²) in [6, 6.07) is 8.46. The highest BCUT2D eigenvalue weighted by atomic mass is 32.2. The zero-order valence-electron chi connectivity index (χ0n) is 21.6. The first-order valence-electron chi connectivity index (χ1n) is 12.2. The Hall–Kier alpha value is -3.88. The van der Waals surface area contributed by atoms with Crippen molar-refractivity contribution in [1.29, 1.82) is 0 Å². The van der Waals surface area contributed by atoms with E-state index < -0.39 is 31.3 Å². The third-order valence-corrected chi connectivity index (χ3v) is 7.40. The Morgan fingerprint density at radius 1 is 1.21 bits per heavy atom. The Kier molecular flexibility index (Phi) is 8.28. The summed E-state index contributed by atoms with van der Waals surface area (Å²) in [7, 11) is -4.23. The fourth-order valence-electron chi connectivity index (χ4n) is 3.84. The van der Waals surface area contributed by atoms with Crippen molar-refractivity contribution in [3.8, 4) is 17.3 Å². The number of amides is 1. The number of sulfonamides is 1. The number of hydrogen-bond donors (Lipinski definition) is 1. The summed E-state index contributed by atoms with van der Waals surface area (Å²) in [4.78, 5) is 25.2. The minimum absolute atomic E-state index is 0.00706. The number of nitro groups is 1. The molecule has 3 aromatic rings. The topological polar surface area (TPSA) is 146 Å². The van der Waals surface area contributed by atoms with Crippen molar-refractivity contribution in [2.75, 3.05) is 32.8 Å². The molecule has 0 atom stereocenters. The van der Waals surface area contributed by atoms with E-state index in [1.54, 1.807) is 11.8 Å². The number of aromatic nitrogens is 2. The highest BCUT2D eigenvalue weighted by Gasteiger charge is 2.30. The van der Waals surface area contributed by atoms with Crippen LogP contribution in [0.3, 0.4) is 0 Å². The number of non-ortho nitro benzene ring substituents is 1. The average Bonchev–Trinajstić information content (AvgIpc) is 3.23. The van der Waals surface area contributed by atoms with Crippen molar-refractivity contribution in [2.45, 2.75) is 25.7 Å². The molecule has 2 aromatic carbocycles. The van der Waals surface area contributed by atoms with Gasteiger partial charge in [0.2, 0.25) is 15.9 Å². The maximum Gasteiger partial charge on any atom is 0.274 e. The number of benzene rings is 2. The van der Waals surface area contributed by atoms with Gasteiger partial charge in [0.25, 0.3) is 11.6 Å². The summed E-state index contributed by atoms with van der Waals surface area (Å²) >= 11 is 0. The molecule has 2 heterocycles. The Morgan fingerprint density at radius 2 is 1.87 bits per heavy atom. The minimum atomic E-state index is -4.23. The molecule has 14 heteroatoms. The Morgan fingerprint density at radius 3 is 2.49 bits per heavy atom. The molecule has 0 unspecified atom stereocenters. The Labute approximate surface area is 224 Å². The van der Waals surface area contributed by atoms with Gasteiger partial charge in [0.15, 0.2) is 5.69 Å². The van der Waals surface area contributed by atoms with E-state index in [2.05, 4.69) is 9.82 Å². The zero-order chi connectivity index (χ0) is 28.3. The molecule has 0 radical (unpaired) electrons. The first kappa shape index (κ1) is 28.1. The van der Waals surface area contributed by atoms with Gasteiger partial charge in [-0.05, 0) is 43.2 Å². The van der Waals surface area contributed by atoms with E-state index in [1.165, 1.54) is 35.0 Å². The van der Waals surface area contributed by atoms with E-state index in [0.29, 0.717) is 37.6 Å². The highest BCUT2D eigenvalue weighted by Crippen LogP contribution is 2.36. The van der Waals surface area contributed by atoms with Crippen LogP contribution in [0.2, 0.25) is 0 Å². The van der Waals surface area contributed by atoms with Gasteiger partial charge in [-0.15, -0.1) is 0 Å². The van der Waals surface area contributed by atoms with Crippen molar-refractivity contribution < 1.29 is 32.0 Å². The molecule has 1 saturated heterocycles. The molecule has 1 amide bonds. The number of carbonyl (C=O) groups is 1. The van der Waals surface area contributed by atoms with Crippen LogP contribution in [0, 0.1) is 28.8 Å². The zero-order valence-corrected chi connectivity index (χ0v) is 22.4. The number of morpholine rings is 1.